The number of rotatable bonds is 49. The highest BCUT2D eigenvalue weighted by atomic mass is 16.6. The van der Waals surface area contributed by atoms with Gasteiger partial charge in [-0.2, -0.15) is 0 Å². The smallest absolute Gasteiger partial charge is 0.306 e. The minimum Gasteiger partial charge on any atom is -0.462 e. The van der Waals surface area contributed by atoms with Crippen LogP contribution in [0.25, 0.3) is 0 Å². The summed E-state index contributed by atoms with van der Waals surface area (Å²) in [6.45, 7) is 6.45. The molecule has 0 saturated heterocycles. The molecule has 0 fully saturated rings. The van der Waals surface area contributed by atoms with Gasteiger partial charge in [0.25, 0.3) is 0 Å². The minimum absolute atomic E-state index is 0.0978. The van der Waals surface area contributed by atoms with E-state index in [-0.39, 0.29) is 37.5 Å². The Balaban J connectivity index is 4.46. The van der Waals surface area contributed by atoms with Crippen molar-refractivity contribution in [2.45, 2.75) is 264 Å². The monoisotopic (exact) mass is 919 g/mol. The van der Waals surface area contributed by atoms with E-state index in [0.29, 0.717) is 19.3 Å². The first-order chi connectivity index (χ1) is 32.5. The topological polar surface area (TPSA) is 78.9 Å². The van der Waals surface area contributed by atoms with Crippen molar-refractivity contribution >= 4 is 17.9 Å². The number of hydrogen-bond acceptors (Lipinski definition) is 6. The van der Waals surface area contributed by atoms with Crippen LogP contribution < -0.4 is 0 Å². The van der Waals surface area contributed by atoms with E-state index in [1.807, 2.05) is 60.8 Å². The van der Waals surface area contributed by atoms with Gasteiger partial charge >= 0.3 is 17.9 Å². The third-order valence-corrected chi connectivity index (χ3v) is 11.8. The molecule has 0 aromatic rings. The molecule has 6 nitrogen and oxygen atoms in total. The molecule has 0 aromatic heterocycles. The van der Waals surface area contributed by atoms with Gasteiger partial charge < -0.3 is 14.2 Å². The predicted octanol–water partition coefficient (Wildman–Crippen LogP) is 18.4. The number of carbonyl (C=O) groups is 3. The first-order valence-electron chi connectivity index (χ1n) is 27.7. The van der Waals surface area contributed by atoms with E-state index in [1.54, 1.807) is 0 Å². The molecule has 0 spiro atoms. The van der Waals surface area contributed by atoms with Crippen LogP contribution in [0.15, 0.2) is 85.1 Å². The van der Waals surface area contributed by atoms with Crippen LogP contribution in [0.3, 0.4) is 0 Å². The summed E-state index contributed by atoms with van der Waals surface area (Å²) in [5.41, 5.74) is 0. The lowest BCUT2D eigenvalue weighted by atomic mass is 10.0. The molecule has 1 atom stereocenters. The Kier molecular flexibility index (Phi) is 51.4. The van der Waals surface area contributed by atoms with E-state index in [4.69, 9.17) is 14.2 Å². The van der Waals surface area contributed by atoms with Gasteiger partial charge in [-0.05, 0) is 64.2 Å². The Hall–Kier alpha value is -3.41. The van der Waals surface area contributed by atoms with Gasteiger partial charge in [0, 0.05) is 19.3 Å². The SMILES string of the molecule is CC\C=C/C=C\C=C/C=C\C=C\C=C/CCCCCC(=O)OC(COC(=O)CCCCC/C=C\CCCCCCCC)COC(=O)CCCCCCCCCCCCCCCCCCCC. The van der Waals surface area contributed by atoms with Gasteiger partial charge in [0.05, 0.1) is 0 Å². The van der Waals surface area contributed by atoms with Crippen molar-refractivity contribution in [3.8, 4) is 0 Å². The van der Waals surface area contributed by atoms with Crippen LogP contribution in [-0.2, 0) is 28.6 Å². The molecule has 0 aromatic carbocycles. The largest absolute Gasteiger partial charge is 0.462 e. The van der Waals surface area contributed by atoms with Crippen LogP contribution in [0.1, 0.15) is 258 Å². The molecule has 0 aliphatic heterocycles. The van der Waals surface area contributed by atoms with Crippen LogP contribution in [0.2, 0.25) is 0 Å². The molecule has 0 amide bonds. The summed E-state index contributed by atoms with van der Waals surface area (Å²) >= 11 is 0. The first-order valence-corrected chi connectivity index (χ1v) is 27.7. The first kappa shape index (κ1) is 62.6. The fraction of sp³-hybridized carbons (Fsp3) is 0.717. The molecule has 1 unspecified atom stereocenters. The average Bonchev–Trinajstić information content (AvgIpc) is 3.31. The van der Waals surface area contributed by atoms with E-state index >= 15 is 0 Å². The molecule has 0 aliphatic rings. The van der Waals surface area contributed by atoms with Gasteiger partial charge in [-0.25, -0.2) is 0 Å². The highest BCUT2D eigenvalue weighted by Gasteiger charge is 2.19. The van der Waals surface area contributed by atoms with Crippen molar-refractivity contribution < 1.29 is 28.6 Å². The summed E-state index contributed by atoms with van der Waals surface area (Å²) in [5.74, 6) is -0.953. The van der Waals surface area contributed by atoms with Crippen molar-refractivity contribution in [2.75, 3.05) is 13.2 Å². The summed E-state index contributed by atoms with van der Waals surface area (Å²) in [4.78, 5) is 38.1. The average molecular weight is 919 g/mol. The number of allylic oxidation sites excluding steroid dienone is 14. The number of hydrogen-bond donors (Lipinski definition) is 0. The molecule has 378 valence electrons. The van der Waals surface area contributed by atoms with Gasteiger partial charge in [-0.3, -0.25) is 14.4 Å². The van der Waals surface area contributed by atoms with Crippen molar-refractivity contribution in [1.82, 2.24) is 0 Å². The molecular formula is C60H102O6. The maximum atomic E-state index is 12.8. The van der Waals surface area contributed by atoms with Gasteiger partial charge in [0.15, 0.2) is 6.10 Å². The predicted molar refractivity (Wildman–Crippen MR) is 284 cm³/mol. The van der Waals surface area contributed by atoms with Crippen molar-refractivity contribution in [1.29, 1.82) is 0 Å². The van der Waals surface area contributed by atoms with Crippen LogP contribution in [0, 0.1) is 0 Å². The second-order valence-electron chi connectivity index (χ2n) is 18.3. The highest BCUT2D eigenvalue weighted by Crippen LogP contribution is 2.16. The van der Waals surface area contributed by atoms with Crippen molar-refractivity contribution in [2.24, 2.45) is 0 Å². The maximum absolute atomic E-state index is 12.8. The Morgan fingerprint density at radius 1 is 0.318 bits per heavy atom. The van der Waals surface area contributed by atoms with Crippen LogP contribution in [-0.4, -0.2) is 37.2 Å². The Morgan fingerprint density at radius 3 is 0.985 bits per heavy atom. The molecule has 0 aliphatic carbocycles. The van der Waals surface area contributed by atoms with E-state index in [1.165, 1.54) is 135 Å². The van der Waals surface area contributed by atoms with Gasteiger partial charge in [-0.15, -0.1) is 0 Å². The Bertz CT molecular complexity index is 1290. The lowest BCUT2D eigenvalue weighted by molar-refractivity contribution is -0.167. The lowest BCUT2D eigenvalue weighted by Gasteiger charge is -2.18. The van der Waals surface area contributed by atoms with E-state index in [2.05, 4.69) is 45.1 Å². The number of unbranched alkanes of at least 4 members (excludes halogenated alkanes) is 29. The number of ether oxygens (including phenoxy) is 3. The third-order valence-electron chi connectivity index (χ3n) is 11.8. The van der Waals surface area contributed by atoms with E-state index in [9.17, 15) is 14.4 Å². The molecule has 66 heavy (non-hydrogen) atoms. The highest BCUT2D eigenvalue weighted by molar-refractivity contribution is 5.71. The van der Waals surface area contributed by atoms with Gasteiger partial charge in [0.2, 0.25) is 0 Å². The van der Waals surface area contributed by atoms with E-state index < -0.39 is 6.10 Å². The quantitative estimate of drug-likeness (QED) is 0.0199. The standard InChI is InChI=1S/C60H102O6/c1-4-7-10-13-16-19-22-25-27-29-31-32-35-38-41-44-47-50-53-59(62)65-56-57(55-64-58(61)52-49-46-43-40-37-34-24-21-18-15-12-9-6-3)66-60(63)54-51-48-45-42-39-36-33-30-28-26-23-20-17-14-11-8-5-2/h8,11,14,17,20,23,26,28,30,33-34,36-37,39,57H,4-7,9-10,12-13,15-16,18-19,21-22,24-25,27,29,31-32,35,38,40-56H2,1-3H3/b11-8-,17-14-,23-20-,28-26-,33-30+,37-34-,39-36-. The Morgan fingerprint density at radius 2 is 0.606 bits per heavy atom. The molecule has 6 heteroatoms. The molecule has 0 bridgehead atoms. The van der Waals surface area contributed by atoms with Gasteiger partial charge in [0.1, 0.15) is 13.2 Å². The van der Waals surface area contributed by atoms with E-state index in [0.717, 1.165) is 77.0 Å². The van der Waals surface area contributed by atoms with Gasteiger partial charge in [-0.1, -0.05) is 260 Å². The van der Waals surface area contributed by atoms with Crippen LogP contribution in [0.4, 0.5) is 0 Å². The number of esters is 3. The van der Waals surface area contributed by atoms with Crippen molar-refractivity contribution in [3.63, 3.8) is 0 Å². The van der Waals surface area contributed by atoms with Crippen LogP contribution in [0.5, 0.6) is 0 Å². The minimum atomic E-state index is -0.804. The third kappa shape index (κ3) is 51.6. The fourth-order valence-corrected chi connectivity index (χ4v) is 7.65. The molecule has 0 rings (SSSR count). The summed E-state index contributed by atoms with van der Waals surface area (Å²) in [6, 6.07) is 0. The number of carbonyl (C=O) groups excluding carboxylic acids is 3. The summed E-state index contributed by atoms with van der Waals surface area (Å²) in [5, 5.41) is 0. The fourth-order valence-electron chi connectivity index (χ4n) is 7.65. The molecular weight excluding hydrogens is 817 g/mol. The molecule has 0 radical (unpaired) electrons. The summed E-state index contributed by atoms with van der Waals surface area (Å²) in [6.07, 6.45) is 70.0. The Labute approximate surface area is 407 Å². The summed E-state index contributed by atoms with van der Waals surface area (Å²) < 4.78 is 16.8. The maximum Gasteiger partial charge on any atom is 0.306 e. The zero-order chi connectivity index (χ0) is 47.9. The second kappa shape index (κ2) is 54.2. The second-order valence-corrected chi connectivity index (χ2v) is 18.3. The van der Waals surface area contributed by atoms with Crippen molar-refractivity contribution in [3.05, 3.63) is 85.1 Å². The summed E-state index contributed by atoms with van der Waals surface area (Å²) in [7, 11) is 0. The molecule has 0 heterocycles. The molecule has 0 saturated carbocycles. The zero-order valence-electron chi connectivity index (χ0n) is 43.2. The molecule has 0 N–H and O–H groups in total. The van der Waals surface area contributed by atoms with Crippen LogP contribution >= 0.6 is 0 Å². The normalized spacial score (nSPS) is 12.7. The lowest BCUT2D eigenvalue weighted by Crippen LogP contribution is -2.30. The zero-order valence-corrected chi connectivity index (χ0v) is 43.2.